The van der Waals surface area contributed by atoms with Gasteiger partial charge in [0.15, 0.2) is 0 Å². The lowest BCUT2D eigenvalue weighted by atomic mass is 9.70. The maximum Gasteiger partial charge on any atom is 0.00471 e. The summed E-state index contributed by atoms with van der Waals surface area (Å²) < 4.78 is 0. The van der Waals surface area contributed by atoms with Crippen molar-refractivity contribution in [2.45, 2.75) is 52.9 Å². The molecule has 0 amide bonds. The molecule has 0 aromatic carbocycles. The molecule has 2 nitrogen and oxygen atoms in total. The van der Waals surface area contributed by atoms with Crippen LogP contribution in [0.1, 0.15) is 52.9 Å². The van der Waals surface area contributed by atoms with E-state index in [2.05, 4.69) is 45.1 Å². The average molecular weight is 254 g/mol. The second-order valence-corrected chi connectivity index (χ2v) is 7.13. The minimum atomic E-state index is 0.535. The van der Waals surface area contributed by atoms with Gasteiger partial charge in [-0.05, 0) is 57.2 Å². The zero-order valence-corrected chi connectivity index (χ0v) is 13.3. The Morgan fingerprint density at radius 1 is 1.28 bits per heavy atom. The summed E-state index contributed by atoms with van der Waals surface area (Å²) >= 11 is 0. The predicted molar refractivity (Wildman–Crippen MR) is 80.9 cm³/mol. The molecule has 0 spiro atoms. The Kier molecular flexibility index (Phi) is 6.65. The standard InChI is InChI=1S/C16H34N2/c1-14(2)8-11-18(5)13-16(12-17-4)9-6-15(3)7-10-16/h14-15,17H,6-13H2,1-5H3. The average Bonchev–Trinajstić information content (AvgIpc) is 2.31. The maximum atomic E-state index is 3.44. The highest BCUT2D eigenvalue weighted by Gasteiger charge is 2.34. The summed E-state index contributed by atoms with van der Waals surface area (Å²) in [6.45, 7) is 10.8. The monoisotopic (exact) mass is 254 g/mol. The molecule has 0 saturated heterocycles. The van der Waals surface area contributed by atoms with Gasteiger partial charge in [-0.3, -0.25) is 0 Å². The van der Waals surface area contributed by atoms with E-state index in [1.54, 1.807) is 0 Å². The molecule has 0 unspecified atom stereocenters. The molecule has 0 bridgehead atoms. The highest BCUT2D eigenvalue weighted by atomic mass is 15.1. The van der Waals surface area contributed by atoms with Crippen molar-refractivity contribution in [2.75, 3.05) is 33.7 Å². The zero-order valence-electron chi connectivity index (χ0n) is 13.3. The van der Waals surface area contributed by atoms with Gasteiger partial charge >= 0.3 is 0 Å². The summed E-state index contributed by atoms with van der Waals surface area (Å²) in [6.07, 6.45) is 6.96. The van der Waals surface area contributed by atoms with E-state index in [4.69, 9.17) is 0 Å². The minimum Gasteiger partial charge on any atom is -0.319 e. The Hall–Kier alpha value is -0.0800. The highest BCUT2D eigenvalue weighted by Crippen LogP contribution is 2.39. The summed E-state index contributed by atoms with van der Waals surface area (Å²) in [5.74, 6) is 1.76. The number of nitrogens with one attached hydrogen (secondary N) is 1. The Bertz CT molecular complexity index is 217. The topological polar surface area (TPSA) is 15.3 Å². The maximum absolute atomic E-state index is 3.44. The molecule has 0 atom stereocenters. The molecule has 2 heteroatoms. The lowest BCUT2D eigenvalue weighted by Gasteiger charge is -2.42. The summed E-state index contributed by atoms with van der Waals surface area (Å²) in [5.41, 5.74) is 0.535. The minimum absolute atomic E-state index is 0.535. The fourth-order valence-electron chi connectivity index (χ4n) is 3.27. The summed E-state index contributed by atoms with van der Waals surface area (Å²) in [5, 5.41) is 3.44. The van der Waals surface area contributed by atoms with E-state index in [1.807, 2.05) is 0 Å². The second-order valence-electron chi connectivity index (χ2n) is 7.13. The van der Waals surface area contributed by atoms with Crippen LogP contribution in [0.4, 0.5) is 0 Å². The smallest absolute Gasteiger partial charge is 0.00471 e. The van der Waals surface area contributed by atoms with Crippen LogP contribution >= 0.6 is 0 Å². The number of rotatable bonds is 7. The van der Waals surface area contributed by atoms with Crippen molar-refractivity contribution in [3.63, 3.8) is 0 Å². The third-order valence-electron chi connectivity index (χ3n) is 4.58. The molecule has 0 radical (unpaired) electrons. The quantitative estimate of drug-likeness (QED) is 0.749. The van der Waals surface area contributed by atoms with Crippen molar-refractivity contribution < 1.29 is 0 Å². The molecule has 0 aromatic rings. The van der Waals surface area contributed by atoms with Gasteiger partial charge in [0.2, 0.25) is 0 Å². The molecule has 1 N–H and O–H groups in total. The molecule has 0 aliphatic heterocycles. The first kappa shape index (κ1) is 16.0. The van der Waals surface area contributed by atoms with Gasteiger partial charge in [0, 0.05) is 13.1 Å². The van der Waals surface area contributed by atoms with Crippen LogP contribution in [-0.4, -0.2) is 38.6 Å². The van der Waals surface area contributed by atoms with E-state index in [-0.39, 0.29) is 0 Å². The summed E-state index contributed by atoms with van der Waals surface area (Å²) in [6, 6.07) is 0. The van der Waals surface area contributed by atoms with E-state index < -0.39 is 0 Å². The molecule has 1 aliphatic rings. The second kappa shape index (κ2) is 7.49. The van der Waals surface area contributed by atoms with Gasteiger partial charge in [0.25, 0.3) is 0 Å². The number of nitrogens with zero attached hydrogens (tertiary/aromatic N) is 1. The van der Waals surface area contributed by atoms with Crippen LogP contribution in [0.2, 0.25) is 0 Å². The van der Waals surface area contributed by atoms with Gasteiger partial charge in [-0.15, -0.1) is 0 Å². The van der Waals surface area contributed by atoms with Crippen LogP contribution < -0.4 is 5.32 Å². The summed E-state index contributed by atoms with van der Waals surface area (Å²) in [4.78, 5) is 2.56. The number of hydrogen-bond donors (Lipinski definition) is 1. The molecule has 18 heavy (non-hydrogen) atoms. The molecule has 1 rings (SSSR count). The molecular weight excluding hydrogens is 220 g/mol. The summed E-state index contributed by atoms with van der Waals surface area (Å²) in [7, 11) is 4.41. The largest absolute Gasteiger partial charge is 0.319 e. The third kappa shape index (κ3) is 5.27. The molecule has 1 saturated carbocycles. The Labute approximate surface area is 115 Å². The molecule has 1 aliphatic carbocycles. The zero-order chi connectivity index (χ0) is 13.6. The third-order valence-corrected chi connectivity index (χ3v) is 4.58. The van der Waals surface area contributed by atoms with Crippen molar-refractivity contribution in [3.05, 3.63) is 0 Å². The molecule has 0 aromatic heterocycles. The first-order valence-electron chi connectivity index (χ1n) is 7.80. The Morgan fingerprint density at radius 3 is 2.39 bits per heavy atom. The van der Waals surface area contributed by atoms with Crippen molar-refractivity contribution in [1.82, 2.24) is 10.2 Å². The number of hydrogen-bond acceptors (Lipinski definition) is 2. The van der Waals surface area contributed by atoms with Gasteiger partial charge < -0.3 is 10.2 Å². The first-order valence-corrected chi connectivity index (χ1v) is 7.80. The highest BCUT2D eigenvalue weighted by molar-refractivity contribution is 4.88. The fraction of sp³-hybridized carbons (Fsp3) is 1.00. The molecular formula is C16H34N2. The van der Waals surface area contributed by atoms with Crippen molar-refractivity contribution in [3.8, 4) is 0 Å². The van der Waals surface area contributed by atoms with E-state index >= 15 is 0 Å². The first-order chi connectivity index (χ1) is 8.47. The van der Waals surface area contributed by atoms with Gasteiger partial charge in [-0.2, -0.15) is 0 Å². The van der Waals surface area contributed by atoms with Gasteiger partial charge in [-0.25, -0.2) is 0 Å². The normalized spacial score (nSPS) is 29.2. The fourth-order valence-corrected chi connectivity index (χ4v) is 3.27. The SMILES string of the molecule is CNCC1(CN(C)CCC(C)C)CCC(C)CC1. The van der Waals surface area contributed by atoms with Crippen molar-refractivity contribution in [1.29, 1.82) is 0 Å². The Morgan fingerprint density at radius 2 is 1.89 bits per heavy atom. The van der Waals surface area contributed by atoms with Crippen LogP contribution in [0.15, 0.2) is 0 Å². The van der Waals surface area contributed by atoms with Gasteiger partial charge in [0.05, 0.1) is 0 Å². The molecule has 108 valence electrons. The van der Waals surface area contributed by atoms with Crippen LogP contribution in [0, 0.1) is 17.3 Å². The van der Waals surface area contributed by atoms with E-state index in [0.717, 1.165) is 11.8 Å². The lowest BCUT2D eigenvalue weighted by molar-refractivity contribution is 0.0988. The Balaban J connectivity index is 2.46. The van der Waals surface area contributed by atoms with Crippen LogP contribution in [-0.2, 0) is 0 Å². The van der Waals surface area contributed by atoms with Crippen molar-refractivity contribution >= 4 is 0 Å². The molecule has 1 fully saturated rings. The van der Waals surface area contributed by atoms with Crippen LogP contribution in [0.5, 0.6) is 0 Å². The van der Waals surface area contributed by atoms with Crippen molar-refractivity contribution in [2.24, 2.45) is 17.3 Å². The molecule has 0 heterocycles. The van der Waals surface area contributed by atoms with E-state index in [0.29, 0.717) is 5.41 Å². The van der Waals surface area contributed by atoms with E-state index in [9.17, 15) is 0 Å². The predicted octanol–water partition coefficient (Wildman–Crippen LogP) is 3.38. The van der Waals surface area contributed by atoms with Gasteiger partial charge in [0.1, 0.15) is 0 Å². The van der Waals surface area contributed by atoms with Gasteiger partial charge in [-0.1, -0.05) is 33.6 Å². The van der Waals surface area contributed by atoms with Crippen LogP contribution in [0.3, 0.4) is 0 Å². The van der Waals surface area contributed by atoms with E-state index in [1.165, 1.54) is 51.7 Å². The lowest BCUT2D eigenvalue weighted by Crippen LogP contribution is -2.44. The van der Waals surface area contributed by atoms with Crippen LogP contribution in [0.25, 0.3) is 0 Å².